The van der Waals surface area contributed by atoms with E-state index < -0.39 is 0 Å². The van der Waals surface area contributed by atoms with E-state index in [4.69, 9.17) is 11.6 Å². The van der Waals surface area contributed by atoms with Gasteiger partial charge in [0.05, 0.1) is 10.3 Å². The number of rotatable bonds is 2. The van der Waals surface area contributed by atoms with Gasteiger partial charge in [-0.15, -0.1) is 33.1 Å². The average molecular weight is 281 g/mol. The second-order valence-electron chi connectivity index (χ2n) is 3.71. The highest BCUT2D eigenvalue weighted by molar-refractivity contribution is 7.25. The van der Waals surface area contributed by atoms with Crippen LogP contribution >= 0.6 is 34.3 Å². The summed E-state index contributed by atoms with van der Waals surface area (Å²) in [6.45, 7) is 1.91. The van der Waals surface area contributed by atoms with E-state index in [2.05, 4.69) is 34.5 Å². The van der Waals surface area contributed by atoms with Crippen molar-refractivity contribution in [3.8, 4) is 9.88 Å². The fourth-order valence-corrected chi connectivity index (χ4v) is 3.64. The van der Waals surface area contributed by atoms with Crippen LogP contribution in [0.3, 0.4) is 0 Å². The minimum atomic E-state index is -0.0735. The first-order valence-electron chi connectivity index (χ1n) is 5.20. The lowest BCUT2D eigenvalue weighted by atomic mass is 10.2. The largest absolute Gasteiger partial charge is 0.157 e. The monoisotopic (exact) mass is 280 g/mol. The number of alkyl halides is 1. The summed E-state index contributed by atoms with van der Waals surface area (Å²) in [5.74, 6) is 0. The first kappa shape index (κ1) is 11.1. The molecule has 5 heteroatoms. The van der Waals surface area contributed by atoms with Gasteiger partial charge in [0, 0.05) is 4.70 Å². The Morgan fingerprint density at radius 3 is 2.71 bits per heavy atom. The number of nitrogens with zero attached hydrogens (tertiary/aromatic N) is 2. The molecule has 1 aromatic carbocycles. The molecule has 1 unspecified atom stereocenters. The minimum Gasteiger partial charge on any atom is -0.142 e. The third kappa shape index (κ3) is 2.08. The molecule has 86 valence electrons. The van der Waals surface area contributed by atoms with Gasteiger partial charge < -0.3 is 0 Å². The van der Waals surface area contributed by atoms with Crippen molar-refractivity contribution in [1.82, 2.24) is 10.2 Å². The Labute approximate surface area is 112 Å². The van der Waals surface area contributed by atoms with Crippen molar-refractivity contribution in [2.45, 2.75) is 12.3 Å². The number of fused-ring (bicyclic) bond motifs is 1. The van der Waals surface area contributed by atoms with Crippen LogP contribution in [0.5, 0.6) is 0 Å². The molecule has 2 aromatic heterocycles. The Balaban J connectivity index is 2.07. The average Bonchev–Trinajstić information content (AvgIpc) is 2.95. The highest BCUT2D eigenvalue weighted by Gasteiger charge is 2.12. The Bertz CT molecular complexity index is 624. The summed E-state index contributed by atoms with van der Waals surface area (Å²) in [5, 5.41) is 11.3. The third-order valence-electron chi connectivity index (χ3n) is 2.42. The van der Waals surface area contributed by atoms with Gasteiger partial charge in [-0.25, -0.2) is 0 Å². The lowest BCUT2D eigenvalue weighted by molar-refractivity contribution is 0.963. The first-order valence-corrected chi connectivity index (χ1v) is 7.27. The van der Waals surface area contributed by atoms with Gasteiger partial charge in [0.25, 0.3) is 0 Å². The summed E-state index contributed by atoms with van der Waals surface area (Å²) in [5.41, 5.74) is 0. The van der Waals surface area contributed by atoms with Gasteiger partial charge in [0.1, 0.15) is 5.01 Å². The zero-order valence-electron chi connectivity index (χ0n) is 9.05. The molecule has 0 spiro atoms. The highest BCUT2D eigenvalue weighted by Crippen LogP contribution is 2.36. The standard InChI is InChI=1S/C12H9ClN2S2/c1-7(13)11-14-15-12(17-11)10-6-8-4-2-3-5-9(8)16-10/h2-7H,1H3. The van der Waals surface area contributed by atoms with Crippen LogP contribution in [-0.2, 0) is 0 Å². The molecule has 1 atom stereocenters. The summed E-state index contributed by atoms with van der Waals surface area (Å²) >= 11 is 9.30. The Hall–Kier alpha value is -0.970. The Morgan fingerprint density at radius 2 is 2.00 bits per heavy atom. The van der Waals surface area contributed by atoms with Gasteiger partial charge in [-0.3, -0.25) is 0 Å². The van der Waals surface area contributed by atoms with E-state index in [1.165, 1.54) is 10.1 Å². The fourth-order valence-electron chi connectivity index (χ4n) is 1.58. The number of aromatic nitrogens is 2. The number of benzene rings is 1. The molecule has 0 radical (unpaired) electrons. The molecule has 0 amide bonds. The molecule has 3 rings (SSSR count). The number of halogens is 1. The Morgan fingerprint density at radius 1 is 1.18 bits per heavy atom. The highest BCUT2D eigenvalue weighted by atomic mass is 35.5. The predicted octanol–water partition coefficient (Wildman–Crippen LogP) is 4.72. The molecule has 0 fully saturated rings. The first-order chi connectivity index (χ1) is 8.24. The van der Waals surface area contributed by atoms with Crippen molar-refractivity contribution in [3.05, 3.63) is 35.3 Å². The van der Waals surface area contributed by atoms with Gasteiger partial charge in [0.2, 0.25) is 0 Å². The Kier molecular flexibility index (Phi) is 2.86. The molecular weight excluding hydrogens is 272 g/mol. The minimum absolute atomic E-state index is 0.0735. The molecule has 0 saturated carbocycles. The number of thiophene rings is 1. The molecule has 2 nitrogen and oxygen atoms in total. The molecule has 0 aliphatic carbocycles. The van der Waals surface area contributed by atoms with Crippen molar-refractivity contribution in [2.75, 3.05) is 0 Å². The van der Waals surface area contributed by atoms with Gasteiger partial charge in [0.15, 0.2) is 5.01 Å². The van der Waals surface area contributed by atoms with E-state index in [-0.39, 0.29) is 5.38 Å². The van der Waals surface area contributed by atoms with Crippen LogP contribution in [0.4, 0.5) is 0 Å². The fraction of sp³-hybridized carbons (Fsp3) is 0.167. The van der Waals surface area contributed by atoms with Gasteiger partial charge >= 0.3 is 0 Å². The van der Waals surface area contributed by atoms with Crippen molar-refractivity contribution < 1.29 is 0 Å². The summed E-state index contributed by atoms with van der Waals surface area (Å²) in [6.07, 6.45) is 0. The summed E-state index contributed by atoms with van der Waals surface area (Å²) in [4.78, 5) is 1.16. The lowest BCUT2D eigenvalue weighted by Gasteiger charge is -1.90. The van der Waals surface area contributed by atoms with E-state index in [0.29, 0.717) is 0 Å². The van der Waals surface area contributed by atoms with E-state index in [1.807, 2.05) is 13.0 Å². The zero-order valence-corrected chi connectivity index (χ0v) is 11.4. The molecule has 3 aromatic rings. The zero-order chi connectivity index (χ0) is 11.8. The van der Waals surface area contributed by atoms with Crippen molar-refractivity contribution >= 4 is 44.4 Å². The van der Waals surface area contributed by atoms with Crippen molar-refractivity contribution in [3.63, 3.8) is 0 Å². The van der Waals surface area contributed by atoms with E-state index in [0.717, 1.165) is 14.9 Å². The second kappa shape index (κ2) is 4.37. The maximum atomic E-state index is 5.99. The van der Waals surface area contributed by atoms with Crippen LogP contribution < -0.4 is 0 Å². The van der Waals surface area contributed by atoms with Crippen LogP contribution in [0, 0.1) is 0 Å². The second-order valence-corrected chi connectivity index (χ2v) is 6.46. The normalized spacial score (nSPS) is 13.1. The number of hydrogen-bond donors (Lipinski definition) is 0. The lowest BCUT2D eigenvalue weighted by Crippen LogP contribution is -1.80. The maximum Gasteiger partial charge on any atom is 0.157 e. The van der Waals surface area contributed by atoms with Crippen LogP contribution in [0.1, 0.15) is 17.3 Å². The molecule has 2 heterocycles. The summed E-state index contributed by atoms with van der Waals surface area (Å²) in [7, 11) is 0. The molecule has 0 saturated heterocycles. The van der Waals surface area contributed by atoms with Crippen LogP contribution in [0.25, 0.3) is 20.0 Å². The molecule has 0 bridgehead atoms. The topological polar surface area (TPSA) is 25.8 Å². The van der Waals surface area contributed by atoms with E-state index in [1.54, 1.807) is 22.7 Å². The van der Waals surface area contributed by atoms with E-state index >= 15 is 0 Å². The van der Waals surface area contributed by atoms with Crippen LogP contribution in [0.2, 0.25) is 0 Å². The third-order valence-corrected chi connectivity index (χ3v) is 5.14. The predicted molar refractivity (Wildman–Crippen MR) is 75.0 cm³/mol. The maximum absolute atomic E-state index is 5.99. The summed E-state index contributed by atoms with van der Waals surface area (Å²) in [6, 6.07) is 10.5. The SMILES string of the molecule is CC(Cl)c1nnc(-c2cc3ccccc3s2)s1. The summed E-state index contributed by atoms with van der Waals surface area (Å²) < 4.78 is 1.28. The smallest absolute Gasteiger partial charge is 0.142 e. The number of hydrogen-bond acceptors (Lipinski definition) is 4. The van der Waals surface area contributed by atoms with Crippen LogP contribution in [-0.4, -0.2) is 10.2 Å². The molecule has 0 aliphatic heterocycles. The quantitative estimate of drug-likeness (QED) is 0.635. The molecular formula is C12H9ClN2S2. The molecule has 0 N–H and O–H groups in total. The van der Waals surface area contributed by atoms with E-state index in [9.17, 15) is 0 Å². The van der Waals surface area contributed by atoms with Crippen LogP contribution in [0.15, 0.2) is 30.3 Å². The van der Waals surface area contributed by atoms with Crippen molar-refractivity contribution in [2.24, 2.45) is 0 Å². The van der Waals surface area contributed by atoms with Gasteiger partial charge in [-0.05, 0) is 24.4 Å². The molecule has 17 heavy (non-hydrogen) atoms. The van der Waals surface area contributed by atoms with Gasteiger partial charge in [-0.2, -0.15) is 0 Å². The molecule has 0 aliphatic rings. The van der Waals surface area contributed by atoms with Gasteiger partial charge in [-0.1, -0.05) is 29.5 Å². The van der Waals surface area contributed by atoms with Crippen molar-refractivity contribution in [1.29, 1.82) is 0 Å².